The number of hydrogen-bond acceptors (Lipinski definition) is 3. The van der Waals surface area contributed by atoms with Crippen molar-refractivity contribution < 1.29 is 14.3 Å². The molecule has 166 valence electrons. The molecule has 2 aromatic carbocycles. The Kier molecular flexibility index (Phi) is 6.91. The van der Waals surface area contributed by atoms with E-state index in [0.29, 0.717) is 13.1 Å². The molecule has 4 nitrogen and oxygen atoms in total. The van der Waals surface area contributed by atoms with Crippen LogP contribution in [-0.4, -0.2) is 53.2 Å². The number of benzene rings is 2. The molecular formula is C26H33FN2O2. The fourth-order valence-electron chi connectivity index (χ4n) is 4.97. The lowest BCUT2D eigenvalue weighted by atomic mass is 9.87. The van der Waals surface area contributed by atoms with E-state index in [4.69, 9.17) is 0 Å². The number of hydrogen-bond donors (Lipinski definition) is 1. The van der Waals surface area contributed by atoms with Crippen LogP contribution in [0.2, 0.25) is 0 Å². The van der Waals surface area contributed by atoms with Crippen molar-refractivity contribution >= 4 is 5.91 Å². The van der Waals surface area contributed by atoms with Gasteiger partial charge < -0.3 is 14.9 Å². The molecule has 5 heteroatoms. The van der Waals surface area contributed by atoms with Crippen LogP contribution in [0.4, 0.5) is 4.39 Å². The number of nitrogens with zero attached hydrogens (tertiary/aromatic N) is 2. The van der Waals surface area contributed by atoms with Gasteiger partial charge in [0.05, 0.1) is 0 Å². The highest BCUT2D eigenvalue weighted by Gasteiger charge is 2.32. The maximum absolute atomic E-state index is 14.8. The first-order valence-corrected chi connectivity index (χ1v) is 11.5. The smallest absolute Gasteiger partial charge is 0.226 e. The molecule has 0 radical (unpaired) electrons. The average Bonchev–Trinajstić information content (AvgIpc) is 3.10. The Morgan fingerprint density at radius 1 is 1.03 bits per heavy atom. The third-order valence-electron chi connectivity index (χ3n) is 6.88. The molecule has 2 fully saturated rings. The number of piperidine rings is 1. The van der Waals surface area contributed by atoms with Crippen LogP contribution < -0.4 is 0 Å². The van der Waals surface area contributed by atoms with Gasteiger partial charge in [-0.3, -0.25) is 4.79 Å². The second kappa shape index (κ2) is 9.82. The van der Waals surface area contributed by atoms with Gasteiger partial charge in [-0.15, -0.1) is 0 Å². The molecule has 2 aliphatic rings. The molecular weight excluding hydrogens is 391 g/mol. The van der Waals surface area contributed by atoms with Gasteiger partial charge >= 0.3 is 0 Å². The predicted molar refractivity (Wildman–Crippen MR) is 121 cm³/mol. The van der Waals surface area contributed by atoms with E-state index in [1.54, 1.807) is 12.1 Å². The number of rotatable bonds is 7. The van der Waals surface area contributed by atoms with Crippen molar-refractivity contribution in [2.24, 2.45) is 5.92 Å². The molecule has 0 spiro atoms. The molecule has 0 bridgehead atoms. The maximum Gasteiger partial charge on any atom is 0.226 e. The van der Waals surface area contributed by atoms with Crippen LogP contribution in [0.5, 0.6) is 5.75 Å². The molecule has 31 heavy (non-hydrogen) atoms. The summed E-state index contributed by atoms with van der Waals surface area (Å²) in [7, 11) is 0. The highest BCUT2D eigenvalue weighted by atomic mass is 19.1. The molecule has 1 unspecified atom stereocenters. The number of amides is 1. The van der Waals surface area contributed by atoms with Crippen LogP contribution in [0.1, 0.15) is 48.3 Å². The normalized spacial score (nSPS) is 24.6. The Morgan fingerprint density at radius 2 is 1.77 bits per heavy atom. The van der Waals surface area contributed by atoms with Crippen molar-refractivity contribution in [2.45, 2.75) is 51.2 Å². The predicted octanol–water partition coefficient (Wildman–Crippen LogP) is 4.66. The third-order valence-corrected chi connectivity index (χ3v) is 6.88. The molecule has 3 atom stereocenters. The molecule has 2 heterocycles. The summed E-state index contributed by atoms with van der Waals surface area (Å²) in [4.78, 5) is 17.0. The minimum atomic E-state index is -0.892. The van der Waals surface area contributed by atoms with Gasteiger partial charge in [0.1, 0.15) is 11.9 Å². The third kappa shape index (κ3) is 5.45. The number of carbonyl (C=O) groups excluding carboxylic acids is 1. The van der Waals surface area contributed by atoms with E-state index < -0.39 is 6.17 Å². The van der Waals surface area contributed by atoms with E-state index in [-0.39, 0.29) is 23.5 Å². The van der Waals surface area contributed by atoms with Crippen LogP contribution in [0.3, 0.4) is 0 Å². The van der Waals surface area contributed by atoms with Crippen LogP contribution in [0.15, 0.2) is 48.5 Å². The molecule has 1 amide bonds. The minimum absolute atomic E-state index is 0.0939. The zero-order valence-electron chi connectivity index (χ0n) is 18.3. The van der Waals surface area contributed by atoms with Crippen molar-refractivity contribution in [1.82, 2.24) is 9.80 Å². The number of phenols is 1. The maximum atomic E-state index is 14.8. The van der Waals surface area contributed by atoms with Gasteiger partial charge in [0.25, 0.3) is 0 Å². The first kappa shape index (κ1) is 21.8. The quantitative estimate of drug-likeness (QED) is 0.703. The molecule has 0 aliphatic carbocycles. The van der Waals surface area contributed by atoms with Gasteiger partial charge in [0.2, 0.25) is 5.91 Å². The van der Waals surface area contributed by atoms with Crippen LogP contribution in [0, 0.1) is 12.8 Å². The summed E-state index contributed by atoms with van der Waals surface area (Å²) in [6.07, 6.45) is 2.65. The SMILES string of the molecule is Cc1ccc(CN2CCC(CCCN3CC[C@@H](c4ccc(O)cc4)[C@H](F)C3)C2=O)cc1. The first-order chi connectivity index (χ1) is 15.0. The van der Waals surface area contributed by atoms with Crippen molar-refractivity contribution in [3.05, 3.63) is 65.2 Å². The second-order valence-corrected chi connectivity index (χ2v) is 9.18. The lowest BCUT2D eigenvalue weighted by Gasteiger charge is -2.35. The number of alkyl halides is 1. The molecule has 2 aliphatic heterocycles. The fraction of sp³-hybridized carbons (Fsp3) is 0.500. The Labute approximate surface area is 184 Å². The summed E-state index contributed by atoms with van der Waals surface area (Å²) in [6.45, 7) is 5.78. The highest BCUT2D eigenvalue weighted by molar-refractivity contribution is 5.80. The number of carbonyl (C=O) groups is 1. The van der Waals surface area contributed by atoms with E-state index in [9.17, 15) is 14.3 Å². The van der Waals surface area contributed by atoms with Gasteiger partial charge in [-0.05, 0) is 69.0 Å². The number of aryl methyl sites for hydroxylation is 1. The summed E-state index contributed by atoms with van der Waals surface area (Å²) >= 11 is 0. The molecule has 1 N–H and O–H groups in total. The zero-order chi connectivity index (χ0) is 21.8. The Morgan fingerprint density at radius 3 is 2.48 bits per heavy atom. The minimum Gasteiger partial charge on any atom is -0.508 e. The van der Waals surface area contributed by atoms with Crippen molar-refractivity contribution in [1.29, 1.82) is 0 Å². The Hall–Kier alpha value is -2.40. The van der Waals surface area contributed by atoms with E-state index in [0.717, 1.165) is 50.9 Å². The summed E-state index contributed by atoms with van der Waals surface area (Å²) in [6, 6.07) is 15.3. The summed E-state index contributed by atoms with van der Waals surface area (Å²) in [5.41, 5.74) is 3.39. The Balaban J connectivity index is 1.20. The molecule has 2 aromatic rings. The van der Waals surface area contributed by atoms with Gasteiger partial charge in [-0.25, -0.2) is 4.39 Å². The van der Waals surface area contributed by atoms with Crippen molar-refractivity contribution in [3.8, 4) is 5.75 Å². The highest BCUT2D eigenvalue weighted by Crippen LogP contribution is 2.32. The summed E-state index contributed by atoms with van der Waals surface area (Å²) in [5, 5.41) is 9.44. The molecule has 2 saturated heterocycles. The number of likely N-dealkylation sites (tertiary alicyclic amines) is 2. The van der Waals surface area contributed by atoms with Crippen LogP contribution in [-0.2, 0) is 11.3 Å². The molecule has 0 aromatic heterocycles. The van der Waals surface area contributed by atoms with Crippen LogP contribution in [0.25, 0.3) is 0 Å². The zero-order valence-corrected chi connectivity index (χ0v) is 18.3. The standard InChI is InChI=1S/C26H33FN2O2/c1-19-4-6-20(7-5-19)17-29-16-12-22(26(29)31)3-2-14-28-15-13-24(25(27)18-28)21-8-10-23(30)11-9-21/h4-11,22,24-25,30H,2-3,12-18H2,1H3/t22?,24-,25+/m0/s1. The van der Waals surface area contributed by atoms with Crippen molar-refractivity contribution in [2.75, 3.05) is 26.2 Å². The van der Waals surface area contributed by atoms with E-state index in [1.165, 1.54) is 11.1 Å². The van der Waals surface area contributed by atoms with E-state index in [1.807, 2.05) is 17.0 Å². The second-order valence-electron chi connectivity index (χ2n) is 9.18. The molecule has 0 saturated carbocycles. The topological polar surface area (TPSA) is 43.8 Å². The lowest BCUT2D eigenvalue weighted by molar-refractivity contribution is -0.131. The summed E-state index contributed by atoms with van der Waals surface area (Å²) < 4.78 is 14.8. The molecule has 4 rings (SSSR count). The van der Waals surface area contributed by atoms with E-state index in [2.05, 4.69) is 36.1 Å². The lowest BCUT2D eigenvalue weighted by Crippen LogP contribution is -2.41. The number of phenolic OH excluding ortho intramolecular Hbond substituents is 1. The van der Waals surface area contributed by atoms with Gasteiger partial charge in [-0.2, -0.15) is 0 Å². The number of aromatic hydroxyl groups is 1. The fourth-order valence-corrected chi connectivity index (χ4v) is 4.97. The van der Waals surface area contributed by atoms with Crippen LogP contribution >= 0.6 is 0 Å². The average molecular weight is 425 g/mol. The van der Waals surface area contributed by atoms with Crippen molar-refractivity contribution in [3.63, 3.8) is 0 Å². The summed E-state index contributed by atoms with van der Waals surface area (Å²) in [5.74, 6) is 0.509. The van der Waals surface area contributed by atoms with Gasteiger partial charge in [-0.1, -0.05) is 42.0 Å². The first-order valence-electron chi connectivity index (χ1n) is 11.5. The van der Waals surface area contributed by atoms with E-state index >= 15 is 0 Å². The Bertz CT molecular complexity index is 868. The number of halogens is 1. The monoisotopic (exact) mass is 424 g/mol. The largest absolute Gasteiger partial charge is 0.508 e. The van der Waals surface area contributed by atoms with Gasteiger partial charge in [0, 0.05) is 31.5 Å². The van der Waals surface area contributed by atoms with Gasteiger partial charge in [0.15, 0.2) is 0 Å².